The molecule has 0 spiro atoms. The lowest BCUT2D eigenvalue weighted by Gasteiger charge is -2.12. The zero-order chi connectivity index (χ0) is 18.0. The van der Waals surface area contributed by atoms with Crippen molar-refractivity contribution in [2.24, 2.45) is 0 Å². The summed E-state index contributed by atoms with van der Waals surface area (Å²) < 4.78 is 6.42. The minimum absolute atomic E-state index is 0.218. The zero-order valence-corrected chi connectivity index (χ0v) is 15.7. The lowest BCUT2D eigenvalue weighted by molar-refractivity contribution is 0.102. The van der Waals surface area contributed by atoms with Crippen molar-refractivity contribution in [2.45, 2.75) is 13.8 Å². The van der Waals surface area contributed by atoms with Crippen LogP contribution in [-0.4, -0.2) is 15.9 Å². The molecule has 1 N–H and O–H groups in total. The molecule has 5 nitrogen and oxygen atoms in total. The Bertz CT molecular complexity index is 906. The molecular formula is C17H13Cl2N3O2S. The molecule has 8 heteroatoms. The Balaban J connectivity index is 1.83. The number of aromatic nitrogens is 2. The van der Waals surface area contributed by atoms with Gasteiger partial charge in [0.15, 0.2) is 0 Å². The van der Waals surface area contributed by atoms with Crippen molar-refractivity contribution < 1.29 is 9.53 Å². The van der Waals surface area contributed by atoms with E-state index in [0.717, 1.165) is 11.3 Å². The molecule has 3 rings (SSSR count). The monoisotopic (exact) mass is 393 g/mol. The molecule has 0 radical (unpaired) electrons. The number of para-hydroxylation sites is 1. The number of thiophene rings is 1. The Morgan fingerprint density at radius 3 is 2.32 bits per heavy atom. The van der Waals surface area contributed by atoms with E-state index in [1.807, 2.05) is 30.3 Å². The highest BCUT2D eigenvalue weighted by atomic mass is 35.5. The van der Waals surface area contributed by atoms with Crippen molar-refractivity contribution >= 4 is 46.1 Å². The molecule has 0 aliphatic rings. The normalized spacial score (nSPS) is 10.6. The Morgan fingerprint density at radius 2 is 1.76 bits per heavy atom. The minimum atomic E-state index is -0.361. The van der Waals surface area contributed by atoms with Crippen LogP contribution in [0.15, 0.2) is 36.4 Å². The number of carbonyl (C=O) groups is 1. The van der Waals surface area contributed by atoms with Gasteiger partial charge in [-0.1, -0.05) is 41.4 Å². The van der Waals surface area contributed by atoms with E-state index in [-0.39, 0.29) is 11.9 Å². The number of aryl methyl sites for hydroxylation is 2. The number of amides is 1. The van der Waals surface area contributed by atoms with Gasteiger partial charge >= 0.3 is 6.01 Å². The van der Waals surface area contributed by atoms with E-state index in [1.54, 1.807) is 13.8 Å². The number of ether oxygens (including phenoxy) is 1. The number of anilines is 1. The molecule has 0 unspecified atom stereocenters. The second-order valence-electron chi connectivity index (χ2n) is 5.16. The fourth-order valence-electron chi connectivity index (χ4n) is 2.18. The van der Waals surface area contributed by atoms with Gasteiger partial charge in [-0.05, 0) is 32.0 Å². The summed E-state index contributed by atoms with van der Waals surface area (Å²) in [5.74, 6) is 0.275. The van der Waals surface area contributed by atoms with Crippen LogP contribution in [-0.2, 0) is 0 Å². The second kappa shape index (κ2) is 7.39. The molecule has 25 heavy (non-hydrogen) atoms. The van der Waals surface area contributed by atoms with Gasteiger partial charge in [-0.15, -0.1) is 11.3 Å². The molecule has 0 saturated heterocycles. The smallest absolute Gasteiger partial charge is 0.322 e. The van der Waals surface area contributed by atoms with Crippen LogP contribution in [0.5, 0.6) is 11.8 Å². The molecule has 1 amide bonds. The van der Waals surface area contributed by atoms with Gasteiger partial charge < -0.3 is 10.1 Å². The van der Waals surface area contributed by atoms with Crippen molar-refractivity contribution in [2.75, 3.05) is 5.32 Å². The average Bonchev–Trinajstić information content (AvgIpc) is 2.90. The van der Waals surface area contributed by atoms with Gasteiger partial charge in [0.25, 0.3) is 5.91 Å². The van der Waals surface area contributed by atoms with Crippen LogP contribution in [0.2, 0.25) is 8.67 Å². The van der Waals surface area contributed by atoms with Crippen molar-refractivity contribution in [3.8, 4) is 11.8 Å². The van der Waals surface area contributed by atoms with Crippen LogP contribution in [0.3, 0.4) is 0 Å². The molecule has 0 bridgehead atoms. The molecular weight excluding hydrogens is 381 g/mol. The van der Waals surface area contributed by atoms with Gasteiger partial charge in [-0.2, -0.15) is 9.97 Å². The zero-order valence-electron chi connectivity index (χ0n) is 13.3. The van der Waals surface area contributed by atoms with E-state index < -0.39 is 0 Å². The van der Waals surface area contributed by atoms with Crippen LogP contribution < -0.4 is 10.1 Å². The van der Waals surface area contributed by atoms with Crippen LogP contribution in [0.1, 0.15) is 21.7 Å². The first-order valence-corrected chi connectivity index (χ1v) is 8.85. The van der Waals surface area contributed by atoms with Crippen molar-refractivity contribution in [1.82, 2.24) is 9.97 Å². The summed E-state index contributed by atoms with van der Waals surface area (Å²) in [6.07, 6.45) is 0. The van der Waals surface area contributed by atoms with E-state index in [1.165, 1.54) is 6.07 Å². The van der Waals surface area contributed by atoms with Gasteiger partial charge in [0, 0.05) is 0 Å². The highest BCUT2D eigenvalue weighted by molar-refractivity contribution is 7.20. The molecule has 0 aliphatic heterocycles. The predicted molar refractivity (Wildman–Crippen MR) is 100 cm³/mol. The van der Waals surface area contributed by atoms with Gasteiger partial charge in [0.2, 0.25) is 0 Å². The van der Waals surface area contributed by atoms with Gasteiger partial charge in [-0.25, -0.2) is 0 Å². The lowest BCUT2D eigenvalue weighted by atomic mass is 10.2. The maximum atomic E-state index is 12.4. The number of carbonyl (C=O) groups excluding carboxylic acids is 1. The average molecular weight is 394 g/mol. The summed E-state index contributed by atoms with van der Waals surface area (Å²) in [7, 11) is 0. The second-order valence-corrected chi connectivity index (χ2v) is 7.44. The Labute approximate surface area is 158 Å². The van der Waals surface area contributed by atoms with Crippen LogP contribution in [0, 0.1) is 13.8 Å². The van der Waals surface area contributed by atoms with Crippen LogP contribution >= 0.6 is 34.5 Å². The van der Waals surface area contributed by atoms with E-state index in [0.29, 0.717) is 37.1 Å². The molecule has 1 aromatic carbocycles. The van der Waals surface area contributed by atoms with E-state index in [9.17, 15) is 4.79 Å². The molecule has 3 aromatic rings. The number of hydrogen-bond donors (Lipinski definition) is 1. The molecule has 0 aliphatic carbocycles. The number of benzene rings is 1. The maximum absolute atomic E-state index is 12.4. The summed E-state index contributed by atoms with van der Waals surface area (Å²) in [5.41, 5.74) is 2.01. The SMILES string of the molecule is Cc1nc(Oc2ccccc2)nc(C)c1NC(=O)c1cc(Cl)sc1Cl. The summed E-state index contributed by atoms with van der Waals surface area (Å²) in [6.45, 7) is 3.54. The predicted octanol–water partition coefficient (Wildman–Crippen LogP) is 5.51. The quantitative estimate of drug-likeness (QED) is 0.634. The highest BCUT2D eigenvalue weighted by Gasteiger charge is 2.18. The van der Waals surface area contributed by atoms with Crippen molar-refractivity contribution in [3.05, 3.63) is 62.0 Å². The molecule has 0 fully saturated rings. The minimum Gasteiger partial charge on any atom is -0.424 e. The Hall–Kier alpha value is -2.15. The summed E-state index contributed by atoms with van der Waals surface area (Å²) in [5, 5.41) is 2.78. The molecule has 128 valence electrons. The van der Waals surface area contributed by atoms with Gasteiger partial charge in [-0.3, -0.25) is 4.79 Å². The highest BCUT2D eigenvalue weighted by Crippen LogP contribution is 2.32. The topological polar surface area (TPSA) is 64.1 Å². The molecule has 2 heterocycles. The number of rotatable bonds is 4. The van der Waals surface area contributed by atoms with Crippen molar-refractivity contribution in [1.29, 1.82) is 0 Å². The third-order valence-corrected chi connectivity index (χ3v) is 4.83. The molecule has 0 saturated carbocycles. The van der Waals surface area contributed by atoms with Gasteiger partial charge in [0.1, 0.15) is 10.1 Å². The van der Waals surface area contributed by atoms with E-state index in [2.05, 4.69) is 15.3 Å². The first-order valence-electron chi connectivity index (χ1n) is 7.28. The fourth-order valence-corrected chi connectivity index (χ4v) is 3.64. The van der Waals surface area contributed by atoms with Gasteiger partial charge in [0.05, 0.1) is 27.0 Å². The summed E-state index contributed by atoms with van der Waals surface area (Å²) >= 11 is 13.0. The number of halogens is 2. The lowest BCUT2D eigenvalue weighted by Crippen LogP contribution is -2.15. The number of nitrogens with one attached hydrogen (secondary N) is 1. The Morgan fingerprint density at radius 1 is 1.12 bits per heavy atom. The number of nitrogens with zero attached hydrogens (tertiary/aromatic N) is 2. The number of hydrogen-bond acceptors (Lipinski definition) is 5. The van der Waals surface area contributed by atoms with E-state index in [4.69, 9.17) is 27.9 Å². The summed E-state index contributed by atoms with van der Waals surface area (Å²) in [4.78, 5) is 21.0. The fraction of sp³-hybridized carbons (Fsp3) is 0.118. The Kier molecular flexibility index (Phi) is 5.22. The van der Waals surface area contributed by atoms with Crippen LogP contribution in [0.25, 0.3) is 0 Å². The molecule has 2 aromatic heterocycles. The van der Waals surface area contributed by atoms with E-state index >= 15 is 0 Å². The first-order chi connectivity index (χ1) is 11.9. The third-order valence-electron chi connectivity index (χ3n) is 3.34. The maximum Gasteiger partial charge on any atom is 0.322 e. The van der Waals surface area contributed by atoms with Crippen LogP contribution in [0.4, 0.5) is 5.69 Å². The first kappa shape index (κ1) is 17.7. The standard InChI is InChI=1S/C17H13Cl2N3O2S/c1-9-14(22-16(23)12-8-13(18)25-15(12)19)10(2)21-17(20-9)24-11-6-4-3-5-7-11/h3-8H,1-2H3,(H,22,23). The summed E-state index contributed by atoms with van der Waals surface area (Å²) in [6, 6.07) is 11.0. The van der Waals surface area contributed by atoms with Crippen molar-refractivity contribution in [3.63, 3.8) is 0 Å². The largest absolute Gasteiger partial charge is 0.424 e. The third kappa shape index (κ3) is 4.10. The molecule has 0 atom stereocenters.